The summed E-state index contributed by atoms with van der Waals surface area (Å²) >= 11 is 0. The van der Waals surface area contributed by atoms with Crippen molar-refractivity contribution in [2.45, 2.75) is 129 Å². The molecule has 11 heteroatoms. The van der Waals surface area contributed by atoms with Crippen LogP contribution >= 0.6 is 0 Å². The van der Waals surface area contributed by atoms with E-state index in [1.807, 2.05) is 48.5 Å². The standard InChI is InChI=1S/C47H76N2O9/c1-3-4-5-6-7-8-9-10-11-12-13-14-15-19-45(51)48-43-18-16-17-42(36-43)47-57-44(39(2)46(58-47)41-22-20-40(38-50)21-23-41)37-49-24-26-52-28-30-54-32-34-56-35-33-55-31-29-53-27-25-49/h16-18,20-23,36,39,44,46-47,50H,3-15,19,24-35,37-38H2,1-2H3,(H,48,51). The number of hydrogen-bond acceptors (Lipinski definition) is 10. The lowest BCUT2D eigenvalue weighted by molar-refractivity contribution is -0.276. The number of rotatable bonds is 20. The molecule has 0 bridgehead atoms. The molecule has 2 fully saturated rings. The average molecular weight is 813 g/mol. The second-order valence-corrected chi connectivity index (χ2v) is 15.9. The minimum Gasteiger partial charge on any atom is -0.392 e. The molecule has 4 atom stereocenters. The van der Waals surface area contributed by atoms with E-state index in [2.05, 4.69) is 24.1 Å². The Morgan fingerprint density at radius 1 is 0.655 bits per heavy atom. The monoisotopic (exact) mass is 813 g/mol. The summed E-state index contributed by atoms with van der Waals surface area (Å²) in [6.07, 6.45) is 16.1. The molecular weight excluding hydrogens is 737 g/mol. The Morgan fingerprint density at radius 3 is 1.71 bits per heavy atom. The predicted molar refractivity (Wildman–Crippen MR) is 229 cm³/mol. The molecular formula is C47H76N2O9. The number of benzene rings is 2. The highest BCUT2D eigenvalue weighted by molar-refractivity contribution is 5.90. The van der Waals surface area contributed by atoms with E-state index < -0.39 is 6.29 Å². The number of ether oxygens (including phenoxy) is 7. The first-order valence-electron chi connectivity index (χ1n) is 22.6. The molecule has 0 aromatic heterocycles. The van der Waals surface area contributed by atoms with Crippen molar-refractivity contribution in [1.82, 2.24) is 4.90 Å². The van der Waals surface area contributed by atoms with Crippen molar-refractivity contribution in [2.75, 3.05) is 91.0 Å². The zero-order chi connectivity index (χ0) is 40.9. The van der Waals surface area contributed by atoms with Crippen molar-refractivity contribution in [3.05, 3.63) is 65.2 Å². The summed E-state index contributed by atoms with van der Waals surface area (Å²) < 4.78 is 42.3. The highest BCUT2D eigenvalue weighted by Crippen LogP contribution is 2.42. The maximum absolute atomic E-state index is 13.0. The number of carbonyl (C=O) groups is 1. The second kappa shape index (κ2) is 30.6. The van der Waals surface area contributed by atoms with Crippen molar-refractivity contribution in [3.8, 4) is 0 Å². The van der Waals surface area contributed by atoms with Gasteiger partial charge in [0.1, 0.15) is 0 Å². The molecule has 11 nitrogen and oxygen atoms in total. The van der Waals surface area contributed by atoms with E-state index in [1.165, 1.54) is 70.6 Å². The number of nitrogens with zero attached hydrogens (tertiary/aromatic N) is 1. The van der Waals surface area contributed by atoms with Crippen LogP contribution in [0, 0.1) is 5.92 Å². The quantitative estimate of drug-likeness (QED) is 0.126. The average Bonchev–Trinajstić information content (AvgIpc) is 3.24. The highest BCUT2D eigenvalue weighted by atomic mass is 16.7. The van der Waals surface area contributed by atoms with Gasteiger partial charge in [-0.2, -0.15) is 0 Å². The van der Waals surface area contributed by atoms with Gasteiger partial charge >= 0.3 is 0 Å². The minimum absolute atomic E-state index is 0.0123. The van der Waals surface area contributed by atoms with Crippen molar-refractivity contribution >= 4 is 11.6 Å². The normalized spacial score (nSPS) is 22.5. The first-order chi connectivity index (χ1) is 28.6. The molecule has 0 saturated carbocycles. The molecule has 2 aliphatic heterocycles. The first-order valence-corrected chi connectivity index (χ1v) is 22.6. The van der Waals surface area contributed by atoms with Crippen LogP contribution in [0.2, 0.25) is 0 Å². The lowest BCUT2D eigenvalue weighted by Gasteiger charge is -2.43. The van der Waals surface area contributed by atoms with Crippen molar-refractivity contribution in [1.29, 1.82) is 0 Å². The molecule has 2 aromatic carbocycles. The van der Waals surface area contributed by atoms with Crippen LogP contribution < -0.4 is 5.32 Å². The largest absolute Gasteiger partial charge is 0.392 e. The zero-order valence-corrected chi connectivity index (χ0v) is 35.9. The summed E-state index contributed by atoms with van der Waals surface area (Å²) in [6, 6.07) is 15.8. The van der Waals surface area contributed by atoms with Crippen LogP contribution in [-0.2, 0) is 44.6 Å². The van der Waals surface area contributed by atoms with E-state index in [-0.39, 0.29) is 30.6 Å². The molecule has 2 N–H and O–H groups in total. The fourth-order valence-electron chi connectivity index (χ4n) is 7.54. The van der Waals surface area contributed by atoms with Gasteiger partial charge in [0, 0.05) is 43.2 Å². The van der Waals surface area contributed by atoms with Crippen LogP contribution in [-0.4, -0.2) is 108 Å². The maximum Gasteiger partial charge on any atom is 0.224 e. The fraction of sp³-hybridized carbons (Fsp3) is 0.723. The van der Waals surface area contributed by atoms with E-state index in [0.29, 0.717) is 92.1 Å². The van der Waals surface area contributed by atoms with Gasteiger partial charge in [0.05, 0.1) is 84.9 Å². The highest BCUT2D eigenvalue weighted by Gasteiger charge is 2.39. The van der Waals surface area contributed by atoms with Gasteiger partial charge in [-0.1, -0.05) is 127 Å². The van der Waals surface area contributed by atoms with Gasteiger partial charge in [0.25, 0.3) is 0 Å². The summed E-state index contributed by atoms with van der Waals surface area (Å²) in [5.41, 5.74) is 3.48. The number of carbonyl (C=O) groups excluding carboxylic acids is 1. The number of anilines is 1. The molecule has 58 heavy (non-hydrogen) atoms. The van der Waals surface area contributed by atoms with Gasteiger partial charge in [-0.3, -0.25) is 9.69 Å². The first kappa shape index (κ1) is 48.2. The number of nitrogens with one attached hydrogen (secondary N) is 1. The topological polar surface area (TPSA) is 117 Å². The van der Waals surface area contributed by atoms with E-state index >= 15 is 0 Å². The van der Waals surface area contributed by atoms with E-state index in [1.54, 1.807) is 0 Å². The molecule has 2 aromatic rings. The lowest BCUT2D eigenvalue weighted by atomic mass is 9.90. The second-order valence-electron chi connectivity index (χ2n) is 15.9. The lowest BCUT2D eigenvalue weighted by Crippen LogP contribution is -2.46. The van der Waals surface area contributed by atoms with E-state index in [0.717, 1.165) is 35.2 Å². The van der Waals surface area contributed by atoms with Crippen molar-refractivity contribution in [2.24, 2.45) is 5.92 Å². The molecule has 0 aliphatic carbocycles. The van der Waals surface area contributed by atoms with Crippen LogP contribution in [0.5, 0.6) is 0 Å². The molecule has 0 radical (unpaired) electrons. The van der Waals surface area contributed by atoms with Gasteiger partial charge in [-0.05, 0) is 29.7 Å². The number of hydrogen-bond donors (Lipinski definition) is 2. The van der Waals surface area contributed by atoms with Crippen molar-refractivity contribution in [3.63, 3.8) is 0 Å². The summed E-state index contributed by atoms with van der Waals surface area (Å²) in [7, 11) is 0. The smallest absolute Gasteiger partial charge is 0.224 e. The van der Waals surface area contributed by atoms with E-state index in [4.69, 9.17) is 33.2 Å². The Kier molecular flexibility index (Phi) is 25.4. The zero-order valence-electron chi connectivity index (χ0n) is 35.9. The van der Waals surface area contributed by atoms with Gasteiger partial charge in [0.15, 0.2) is 6.29 Å². The van der Waals surface area contributed by atoms with E-state index in [9.17, 15) is 9.90 Å². The molecule has 2 heterocycles. The van der Waals surface area contributed by atoms with Crippen molar-refractivity contribution < 1.29 is 43.1 Å². The van der Waals surface area contributed by atoms with Crippen LogP contribution in [0.4, 0.5) is 5.69 Å². The summed E-state index contributed by atoms with van der Waals surface area (Å²) in [6.45, 7) is 11.8. The third-order valence-corrected chi connectivity index (χ3v) is 11.1. The van der Waals surface area contributed by atoms with Crippen LogP contribution in [0.15, 0.2) is 48.5 Å². The molecule has 4 unspecified atom stereocenters. The third-order valence-electron chi connectivity index (χ3n) is 11.1. The SMILES string of the molecule is CCCCCCCCCCCCCCCC(=O)Nc1cccc(C2OC(CN3CCOCCOCCOCCOCCOCC3)C(C)C(c3ccc(CO)cc3)O2)c1. The van der Waals surface area contributed by atoms with Gasteiger partial charge in [-0.25, -0.2) is 0 Å². The van der Waals surface area contributed by atoms with Gasteiger partial charge in [0.2, 0.25) is 5.91 Å². The molecule has 2 aliphatic rings. The number of aliphatic hydroxyl groups is 1. The Morgan fingerprint density at radius 2 is 1.17 bits per heavy atom. The Bertz CT molecular complexity index is 1310. The summed E-state index contributed by atoms with van der Waals surface area (Å²) in [4.78, 5) is 15.3. The molecule has 1 amide bonds. The predicted octanol–water partition coefficient (Wildman–Crippen LogP) is 8.79. The molecule has 328 valence electrons. The Balaban J connectivity index is 1.32. The van der Waals surface area contributed by atoms with Crippen LogP contribution in [0.25, 0.3) is 0 Å². The minimum atomic E-state index is -0.646. The fourth-order valence-corrected chi connectivity index (χ4v) is 7.54. The van der Waals surface area contributed by atoms with Crippen LogP contribution in [0.3, 0.4) is 0 Å². The summed E-state index contributed by atoms with van der Waals surface area (Å²) in [5.74, 6) is 0.0489. The number of aliphatic hydroxyl groups excluding tert-OH is 1. The molecule has 0 spiro atoms. The summed E-state index contributed by atoms with van der Waals surface area (Å²) in [5, 5.41) is 12.8. The number of amides is 1. The Labute approximate surface area is 349 Å². The maximum atomic E-state index is 13.0. The van der Waals surface area contributed by atoms with Gasteiger partial charge < -0.3 is 43.6 Å². The number of unbranched alkanes of at least 4 members (excludes halogenated alkanes) is 12. The molecule has 2 saturated heterocycles. The Hall–Kier alpha value is -2.45. The third kappa shape index (κ3) is 19.7. The van der Waals surface area contributed by atoms with Gasteiger partial charge in [-0.15, -0.1) is 0 Å². The molecule has 4 rings (SSSR count). The van der Waals surface area contributed by atoms with Crippen LogP contribution in [0.1, 0.15) is 133 Å².